The summed E-state index contributed by atoms with van der Waals surface area (Å²) >= 11 is 4.27. The number of ketones is 1. The normalized spacial score (nSPS) is 13.6. The van der Waals surface area contributed by atoms with E-state index in [-0.39, 0.29) is 80.7 Å². The van der Waals surface area contributed by atoms with Crippen molar-refractivity contribution in [1.29, 1.82) is 0 Å². The predicted octanol–water partition coefficient (Wildman–Crippen LogP) is 6.11. The van der Waals surface area contributed by atoms with E-state index in [0.717, 1.165) is 50.9 Å². The van der Waals surface area contributed by atoms with Crippen molar-refractivity contribution in [2.24, 2.45) is 0 Å². The van der Waals surface area contributed by atoms with Gasteiger partial charge in [-0.2, -0.15) is 0 Å². The number of amides is 4. The van der Waals surface area contributed by atoms with Gasteiger partial charge >= 0.3 is 31.2 Å². The zero-order chi connectivity index (χ0) is 51.4. The number of anilines is 4. The Balaban J connectivity index is 0.000000234. The summed E-state index contributed by atoms with van der Waals surface area (Å²) in [6.45, 7) is 6.93. The molecule has 2 unspecified atom stereocenters. The Morgan fingerprint density at radius 3 is 2.03 bits per heavy atom. The lowest BCUT2D eigenvalue weighted by Gasteiger charge is -2.28. The van der Waals surface area contributed by atoms with Crippen LogP contribution in [0.2, 0.25) is 5.82 Å². The molecule has 6 aromatic rings. The number of nitrogens with one attached hydrogen (secondary N) is 4. The number of nitrogens with two attached hydrogens (primary N) is 2. The molecule has 5 heterocycles. The number of rotatable bonds is 16. The van der Waals surface area contributed by atoms with E-state index in [1.165, 1.54) is 22.2 Å². The standard InChI is InChI=1S/C24H27N5O7S2.C19H18BN5O6S2/c1-5-34-19(31)17(27-18(30)16-13-38-21(26-16)29-23(33)36-24(2,3)4)15-12-37-20(25-15)28-22(32)35-11-14-9-7-6-8-10-14;21-18-23-11(6-32-18)14(25-16(27)12-7-33-19(22)24-12)13(26)5-9-4-8-2-1-3-10(17(28)29)15(8)31-20(9)30/h6-10,12-13,17H,5,11H2,1-4H3,(H,27,30)(H,25,28,32)(H,26,29,33);1-3,6-7,9,14,30H,4-5H2,(H2,21,23)(H2,22,24)(H,25,27)(H,28,29)/t;9-,14?/m.1/s1. The number of nitrogens with zero attached hydrogens (tertiary/aromatic N) is 4. The number of carbonyl (C=O) groups is 7. The molecular formula is C43H45BN10O13S4. The van der Waals surface area contributed by atoms with Crippen molar-refractivity contribution in [3.63, 3.8) is 0 Å². The van der Waals surface area contributed by atoms with Gasteiger partial charge in [0.25, 0.3) is 11.8 Å². The molecule has 3 atom stereocenters. The van der Waals surface area contributed by atoms with Gasteiger partial charge in [0, 0.05) is 33.8 Å². The number of carboxylic acids is 1. The number of Topliss-reactive ketones (excluding diaryl/α,β-unsaturated/α-hetero) is 1. The lowest BCUT2D eigenvalue weighted by Crippen LogP contribution is -2.39. The lowest BCUT2D eigenvalue weighted by atomic mass is 9.64. The molecule has 28 heteroatoms. The third-order valence-electron chi connectivity index (χ3n) is 9.48. The number of hydrogen-bond acceptors (Lipinski definition) is 22. The number of aromatic carboxylic acids is 1. The van der Waals surface area contributed by atoms with E-state index in [2.05, 4.69) is 41.2 Å². The van der Waals surface area contributed by atoms with Crippen LogP contribution in [-0.4, -0.2) is 91.1 Å². The summed E-state index contributed by atoms with van der Waals surface area (Å²) in [5.74, 6) is -4.24. The second kappa shape index (κ2) is 23.9. The van der Waals surface area contributed by atoms with Crippen molar-refractivity contribution in [3.05, 3.63) is 110 Å². The number of hydrogen-bond donors (Lipinski definition) is 8. The van der Waals surface area contributed by atoms with Crippen molar-refractivity contribution < 1.29 is 62.6 Å². The molecule has 0 saturated heterocycles. The highest BCUT2D eigenvalue weighted by Crippen LogP contribution is 2.37. The topological polar surface area (TPSA) is 349 Å². The van der Waals surface area contributed by atoms with Gasteiger partial charge in [0.2, 0.25) is 0 Å². The second-order valence-corrected chi connectivity index (χ2v) is 19.4. The van der Waals surface area contributed by atoms with Crippen molar-refractivity contribution in [1.82, 2.24) is 30.6 Å². The van der Waals surface area contributed by atoms with Crippen LogP contribution in [-0.2, 0) is 36.8 Å². The second-order valence-electron chi connectivity index (χ2n) is 15.9. The number of fused-ring (bicyclic) bond motifs is 1. The van der Waals surface area contributed by atoms with Crippen LogP contribution in [0, 0.1) is 0 Å². The summed E-state index contributed by atoms with van der Waals surface area (Å²) in [7, 11) is -1.41. The van der Waals surface area contributed by atoms with Crippen LogP contribution in [0.1, 0.15) is 100 Å². The third kappa shape index (κ3) is 15.0. The Labute approximate surface area is 420 Å². The number of thiazole rings is 4. The van der Waals surface area contributed by atoms with Crippen molar-refractivity contribution >= 4 is 115 Å². The van der Waals surface area contributed by atoms with Gasteiger partial charge in [0.1, 0.15) is 35.4 Å². The zero-order valence-electron chi connectivity index (χ0n) is 38.0. The first-order valence-corrected chi connectivity index (χ1v) is 24.6. The summed E-state index contributed by atoms with van der Waals surface area (Å²) in [6, 6.07) is 11.4. The quantitative estimate of drug-likeness (QED) is 0.0308. The molecule has 372 valence electrons. The molecule has 1 aliphatic rings. The maximum absolute atomic E-state index is 13.2. The largest absolute Gasteiger partial charge is 0.535 e. The summed E-state index contributed by atoms with van der Waals surface area (Å²) in [5, 5.41) is 36.6. The van der Waals surface area contributed by atoms with E-state index in [1.807, 2.05) is 30.3 Å². The third-order valence-corrected chi connectivity index (χ3v) is 12.4. The van der Waals surface area contributed by atoms with E-state index in [0.29, 0.717) is 5.56 Å². The first-order valence-electron chi connectivity index (χ1n) is 21.1. The van der Waals surface area contributed by atoms with E-state index in [4.69, 9.17) is 30.3 Å². The number of carboxylic acid groups (broad SMARTS) is 1. The molecule has 0 bridgehead atoms. The molecule has 0 fully saturated rings. The van der Waals surface area contributed by atoms with Crippen LogP contribution in [0.4, 0.5) is 30.1 Å². The molecule has 10 N–H and O–H groups in total. The molecule has 0 aliphatic carbocycles. The molecule has 2 aromatic carbocycles. The van der Waals surface area contributed by atoms with Gasteiger partial charge in [0.15, 0.2) is 32.4 Å². The average Bonchev–Trinajstić information content (AvgIpc) is 4.16. The molecule has 23 nitrogen and oxygen atoms in total. The molecule has 4 aromatic heterocycles. The van der Waals surface area contributed by atoms with Gasteiger partial charge in [-0.25, -0.2) is 39.1 Å². The predicted molar refractivity (Wildman–Crippen MR) is 264 cm³/mol. The van der Waals surface area contributed by atoms with Gasteiger partial charge in [-0.3, -0.25) is 25.0 Å². The van der Waals surface area contributed by atoms with E-state index < -0.39 is 72.3 Å². The minimum atomic E-state index is -1.41. The van der Waals surface area contributed by atoms with Crippen LogP contribution >= 0.6 is 45.3 Å². The van der Waals surface area contributed by atoms with Gasteiger partial charge in [0.05, 0.1) is 23.6 Å². The minimum Gasteiger partial charge on any atom is -0.535 e. The first kappa shape index (κ1) is 52.8. The molecule has 1 aliphatic heterocycles. The van der Waals surface area contributed by atoms with E-state index in [9.17, 15) is 43.7 Å². The van der Waals surface area contributed by atoms with Crippen LogP contribution in [0.3, 0.4) is 0 Å². The van der Waals surface area contributed by atoms with Crippen LogP contribution < -0.4 is 37.4 Å². The van der Waals surface area contributed by atoms with Crippen molar-refractivity contribution in [3.8, 4) is 5.75 Å². The molecule has 4 amide bonds. The molecule has 0 spiro atoms. The van der Waals surface area contributed by atoms with Crippen molar-refractivity contribution in [2.45, 2.75) is 70.6 Å². The van der Waals surface area contributed by atoms with Crippen LogP contribution in [0.25, 0.3) is 0 Å². The van der Waals surface area contributed by atoms with Crippen molar-refractivity contribution in [2.75, 3.05) is 28.7 Å². The highest BCUT2D eigenvalue weighted by atomic mass is 32.1. The average molecular weight is 1050 g/mol. The van der Waals surface area contributed by atoms with Crippen LogP contribution in [0.5, 0.6) is 5.75 Å². The lowest BCUT2D eigenvalue weighted by molar-refractivity contribution is -0.145. The Bertz CT molecular complexity index is 2890. The monoisotopic (exact) mass is 1050 g/mol. The molecule has 0 saturated carbocycles. The highest BCUT2D eigenvalue weighted by molar-refractivity contribution is 7.14. The fraction of sp³-hybridized carbons (Fsp3) is 0.279. The molecular weight excluding hydrogens is 1000 g/mol. The van der Waals surface area contributed by atoms with Gasteiger partial charge in [-0.05, 0) is 51.3 Å². The smallest absolute Gasteiger partial charge is 0.526 e. The molecule has 0 radical (unpaired) electrons. The number of nitrogen functional groups attached to an aromatic ring is 2. The summed E-state index contributed by atoms with van der Waals surface area (Å²) in [5.41, 5.74) is 12.4. The first-order chi connectivity index (χ1) is 33.8. The fourth-order valence-electron chi connectivity index (χ4n) is 6.39. The number of ether oxygens (including phenoxy) is 3. The Kier molecular flexibility index (Phi) is 17.8. The number of carbonyl (C=O) groups excluding carboxylic acids is 6. The minimum absolute atomic E-state index is 0.0339. The number of benzene rings is 2. The summed E-state index contributed by atoms with van der Waals surface area (Å²) in [4.78, 5) is 103. The number of esters is 1. The van der Waals surface area contributed by atoms with Gasteiger partial charge < -0.3 is 51.1 Å². The Hall–Kier alpha value is -7.53. The Morgan fingerprint density at radius 1 is 0.775 bits per heavy atom. The summed E-state index contributed by atoms with van der Waals surface area (Å²) < 4.78 is 20.9. The number of para-hydroxylation sites is 1. The molecule has 71 heavy (non-hydrogen) atoms. The van der Waals surface area contributed by atoms with E-state index in [1.54, 1.807) is 45.2 Å². The summed E-state index contributed by atoms with van der Waals surface area (Å²) in [6.07, 6.45) is -1.39. The number of aromatic nitrogens is 4. The van der Waals surface area contributed by atoms with E-state index >= 15 is 0 Å². The maximum Gasteiger partial charge on any atom is 0.526 e. The van der Waals surface area contributed by atoms with Crippen LogP contribution in [0.15, 0.2) is 70.1 Å². The maximum atomic E-state index is 13.2. The fourth-order valence-corrected chi connectivity index (χ4v) is 8.91. The van der Waals surface area contributed by atoms with Gasteiger partial charge in [-0.15, -0.1) is 45.3 Å². The molecule has 7 rings (SSSR count). The zero-order valence-corrected chi connectivity index (χ0v) is 41.3. The highest BCUT2D eigenvalue weighted by Gasteiger charge is 2.40. The van der Waals surface area contributed by atoms with Gasteiger partial charge in [-0.1, -0.05) is 42.5 Å². The SMILES string of the molecule is CCOC(=O)C(NC(=O)c1csc(NC(=O)OC(C)(C)C)n1)c1csc(NC(=O)OCc2ccccc2)n1.Nc1nc(C(=O)NC(C(=O)C[C@H]2Cc3cccc(C(=O)O)c3OB2O)c2csc(N)n2)cs1. The Morgan fingerprint density at radius 2 is 1.38 bits per heavy atom.